The Morgan fingerprint density at radius 3 is 2.25 bits per heavy atom. The lowest BCUT2D eigenvalue weighted by Crippen LogP contribution is -2.20. The second-order valence-corrected chi connectivity index (χ2v) is 3.92. The van der Waals surface area contributed by atoms with Gasteiger partial charge in [-0.25, -0.2) is 0 Å². The van der Waals surface area contributed by atoms with Gasteiger partial charge in [-0.05, 0) is 13.3 Å². The third-order valence-electron chi connectivity index (χ3n) is 1.77. The molecule has 0 aromatic heterocycles. The fourth-order valence-corrected chi connectivity index (χ4v) is 1.11. The number of allylic oxidation sites excluding steroid dienone is 4. The van der Waals surface area contributed by atoms with Gasteiger partial charge in [-0.15, -0.1) is 0 Å². The highest BCUT2D eigenvalue weighted by Gasteiger charge is 2.14. The quantitative estimate of drug-likeness (QED) is 0.637. The Morgan fingerprint density at radius 1 is 1.33 bits per heavy atom. The minimum Gasteiger partial charge on any atom is -0.391 e. The van der Waals surface area contributed by atoms with Crippen molar-refractivity contribution in [2.24, 2.45) is 5.41 Å². The summed E-state index contributed by atoms with van der Waals surface area (Å²) in [6.45, 7) is 8.69. The molecule has 12 heavy (non-hydrogen) atoms. The first-order chi connectivity index (χ1) is 5.52. The molecule has 0 aliphatic heterocycles. The highest BCUT2D eigenvalue weighted by Crippen LogP contribution is 2.22. The van der Waals surface area contributed by atoms with Crippen molar-refractivity contribution in [3.63, 3.8) is 0 Å². The van der Waals surface area contributed by atoms with Crippen molar-refractivity contribution in [1.29, 1.82) is 0 Å². The summed E-state index contributed by atoms with van der Waals surface area (Å²) in [5.41, 5.74) is 1.54. The molecule has 0 aliphatic carbocycles. The van der Waals surface area contributed by atoms with Gasteiger partial charge in [0, 0.05) is 18.2 Å². The minimum atomic E-state index is 0.232. The lowest BCUT2D eigenvalue weighted by Gasteiger charge is -2.22. The smallest absolute Gasteiger partial charge is 0.0121 e. The molecule has 0 fully saturated rings. The molecule has 1 heteroatoms. The summed E-state index contributed by atoms with van der Waals surface area (Å²) in [5.74, 6) is 0. The van der Waals surface area contributed by atoms with E-state index in [4.69, 9.17) is 0 Å². The molecule has 1 nitrogen and oxygen atoms in total. The van der Waals surface area contributed by atoms with Crippen molar-refractivity contribution in [1.82, 2.24) is 5.32 Å². The van der Waals surface area contributed by atoms with Gasteiger partial charge in [-0.2, -0.15) is 0 Å². The van der Waals surface area contributed by atoms with E-state index in [1.54, 1.807) is 0 Å². The predicted molar refractivity (Wildman–Crippen MR) is 56.0 cm³/mol. The molecular formula is C11H21N. The van der Waals surface area contributed by atoms with Crippen LogP contribution in [0.1, 0.15) is 34.1 Å². The van der Waals surface area contributed by atoms with Gasteiger partial charge in [0.1, 0.15) is 0 Å². The highest BCUT2D eigenvalue weighted by atomic mass is 14.8. The third-order valence-corrected chi connectivity index (χ3v) is 1.77. The summed E-state index contributed by atoms with van der Waals surface area (Å²) in [7, 11) is 1.98. The highest BCUT2D eigenvalue weighted by molar-refractivity contribution is 5.09. The number of hydrogen-bond donors (Lipinski definition) is 1. The zero-order valence-corrected chi connectivity index (χ0v) is 8.94. The molecule has 0 spiro atoms. The summed E-state index contributed by atoms with van der Waals surface area (Å²) in [6, 6.07) is 0. The van der Waals surface area contributed by atoms with Crippen molar-refractivity contribution in [3.05, 3.63) is 23.9 Å². The normalized spacial score (nSPS) is 13.9. The van der Waals surface area contributed by atoms with Crippen LogP contribution in [0.15, 0.2) is 23.9 Å². The minimum absolute atomic E-state index is 0.232. The Balaban J connectivity index is 4.24. The van der Waals surface area contributed by atoms with Crippen LogP contribution in [0, 0.1) is 5.41 Å². The van der Waals surface area contributed by atoms with Crippen LogP contribution in [0.2, 0.25) is 0 Å². The van der Waals surface area contributed by atoms with Gasteiger partial charge in [0.25, 0.3) is 0 Å². The van der Waals surface area contributed by atoms with Gasteiger partial charge in [0.15, 0.2) is 0 Å². The van der Waals surface area contributed by atoms with Crippen molar-refractivity contribution < 1.29 is 0 Å². The first kappa shape index (κ1) is 11.3. The van der Waals surface area contributed by atoms with E-state index in [2.05, 4.69) is 44.3 Å². The monoisotopic (exact) mass is 167 g/mol. The second-order valence-electron chi connectivity index (χ2n) is 3.92. The molecule has 0 amide bonds. The Hall–Kier alpha value is -0.720. The van der Waals surface area contributed by atoms with Gasteiger partial charge in [0.05, 0.1) is 0 Å². The van der Waals surface area contributed by atoms with Gasteiger partial charge < -0.3 is 5.32 Å². The Bertz CT molecular complexity index is 170. The third kappa shape index (κ3) is 4.22. The van der Waals surface area contributed by atoms with E-state index >= 15 is 0 Å². The fraction of sp³-hybridized carbons (Fsp3) is 0.636. The molecule has 0 aliphatic rings. The lowest BCUT2D eigenvalue weighted by atomic mass is 9.91. The zero-order valence-electron chi connectivity index (χ0n) is 8.94. The number of nitrogens with one attached hydrogen (secondary N) is 1. The Kier molecular flexibility index (Phi) is 4.72. The van der Waals surface area contributed by atoms with Crippen LogP contribution in [0.25, 0.3) is 0 Å². The number of hydrogen-bond acceptors (Lipinski definition) is 1. The molecule has 0 atom stereocenters. The second kappa shape index (κ2) is 5.02. The molecular weight excluding hydrogens is 146 g/mol. The lowest BCUT2D eigenvalue weighted by molar-refractivity contribution is 0.471. The van der Waals surface area contributed by atoms with Crippen molar-refractivity contribution in [2.45, 2.75) is 34.1 Å². The molecule has 0 saturated carbocycles. The van der Waals surface area contributed by atoms with E-state index in [9.17, 15) is 0 Å². The van der Waals surface area contributed by atoms with Gasteiger partial charge in [0.2, 0.25) is 0 Å². The average molecular weight is 167 g/mol. The molecule has 70 valence electrons. The standard InChI is InChI=1S/C11H21N/c1-6-7-8-9-10(12-5)11(2,3)4/h6-7,9,12H,8H2,1-5H3/b7-6+,10-9-. The van der Waals surface area contributed by atoms with Crippen molar-refractivity contribution >= 4 is 0 Å². The van der Waals surface area contributed by atoms with Gasteiger partial charge >= 0.3 is 0 Å². The number of rotatable bonds is 3. The Morgan fingerprint density at radius 2 is 1.92 bits per heavy atom. The predicted octanol–water partition coefficient (Wildman–Crippen LogP) is 3.10. The van der Waals surface area contributed by atoms with Crippen LogP contribution < -0.4 is 5.32 Å². The zero-order chi connectivity index (χ0) is 9.61. The first-order valence-corrected chi connectivity index (χ1v) is 4.52. The summed E-state index contributed by atoms with van der Waals surface area (Å²) in [5, 5.41) is 3.23. The maximum Gasteiger partial charge on any atom is 0.0121 e. The van der Waals surface area contributed by atoms with E-state index in [1.165, 1.54) is 5.70 Å². The van der Waals surface area contributed by atoms with Crippen LogP contribution in [-0.4, -0.2) is 7.05 Å². The van der Waals surface area contributed by atoms with Crippen LogP contribution >= 0.6 is 0 Å². The summed E-state index contributed by atoms with van der Waals surface area (Å²) < 4.78 is 0. The SMILES string of the molecule is C/C=C/C/C=C(\NC)C(C)(C)C. The topological polar surface area (TPSA) is 12.0 Å². The van der Waals surface area contributed by atoms with E-state index in [0.29, 0.717) is 0 Å². The molecule has 0 aromatic carbocycles. The van der Waals surface area contributed by atoms with Crippen molar-refractivity contribution in [3.8, 4) is 0 Å². The molecule has 0 radical (unpaired) electrons. The van der Waals surface area contributed by atoms with E-state index in [-0.39, 0.29) is 5.41 Å². The molecule has 0 unspecified atom stereocenters. The largest absolute Gasteiger partial charge is 0.391 e. The van der Waals surface area contributed by atoms with Crippen LogP contribution in [0.4, 0.5) is 0 Å². The average Bonchev–Trinajstić information content (AvgIpc) is 1.95. The molecule has 0 heterocycles. The van der Waals surface area contributed by atoms with E-state index in [0.717, 1.165) is 6.42 Å². The van der Waals surface area contributed by atoms with Crippen molar-refractivity contribution in [2.75, 3.05) is 7.05 Å². The van der Waals surface area contributed by atoms with E-state index < -0.39 is 0 Å². The van der Waals surface area contributed by atoms with Crippen LogP contribution in [-0.2, 0) is 0 Å². The molecule has 0 bridgehead atoms. The van der Waals surface area contributed by atoms with Gasteiger partial charge in [-0.1, -0.05) is 39.0 Å². The molecule has 0 aromatic rings. The van der Waals surface area contributed by atoms with Crippen LogP contribution in [0.5, 0.6) is 0 Å². The summed E-state index contributed by atoms with van der Waals surface area (Å²) in [6.07, 6.45) is 7.49. The van der Waals surface area contributed by atoms with Crippen LogP contribution in [0.3, 0.4) is 0 Å². The fourth-order valence-electron chi connectivity index (χ4n) is 1.11. The molecule has 0 rings (SSSR count). The maximum absolute atomic E-state index is 3.23. The first-order valence-electron chi connectivity index (χ1n) is 4.52. The molecule has 0 saturated heterocycles. The summed E-state index contributed by atoms with van der Waals surface area (Å²) >= 11 is 0. The van der Waals surface area contributed by atoms with Gasteiger partial charge in [-0.3, -0.25) is 0 Å². The maximum atomic E-state index is 3.23. The van der Waals surface area contributed by atoms with E-state index in [1.807, 2.05) is 14.0 Å². The Labute approximate surface area is 76.6 Å². The molecule has 1 N–H and O–H groups in total. The summed E-state index contributed by atoms with van der Waals surface area (Å²) in [4.78, 5) is 0.